The van der Waals surface area contributed by atoms with Crippen molar-refractivity contribution in [1.82, 2.24) is 4.98 Å². The fraction of sp³-hybridized carbons (Fsp3) is 0.400. The van der Waals surface area contributed by atoms with Crippen LogP contribution in [0.25, 0.3) is 22.2 Å². The molecule has 3 aromatic rings. The summed E-state index contributed by atoms with van der Waals surface area (Å²) in [6.07, 6.45) is 6.71. The van der Waals surface area contributed by atoms with Crippen LogP contribution in [-0.4, -0.2) is 31.3 Å². The molecule has 1 aromatic heterocycles. The molecule has 1 saturated heterocycles. The van der Waals surface area contributed by atoms with E-state index in [1.807, 2.05) is 7.11 Å². The van der Waals surface area contributed by atoms with Gasteiger partial charge in [0.15, 0.2) is 0 Å². The number of fused-ring (bicyclic) bond motifs is 1. The van der Waals surface area contributed by atoms with Gasteiger partial charge in [0.25, 0.3) is 0 Å². The van der Waals surface area contributed by atoms with E-state index in [9.17, 15) is 0 Å². The number of methoxy groups -OCH3 is 1. The van der Waals surface area contributed by atoms with Crippen molar-refractivity contribution >= 4 is 16.6 Å². The van der Waals surface area contributed by atoms with Gasteiger partial charge in [-0.2, -0.15) is 0 Å². The lowest BCUT2D eigenvalue weighted by molar-refractivity contribution is 0.00231. The smallest absolute Gasteiger partial charge is 0.0730 e. The maximum atomic E-state index is 5.93. The first-order valence-corrected chi connectivity index (χ1v) is 10.5. The topological polar surface area (TPSA) is 25.4 Å². The summed E-state index contributed by atoms with van der Waals surface area (Å²) in [7, 11) is 1.89. The van der Waals surface area contributed by atoms with Crippen LogP contribution in [0.4, 0.5) is 5.69 Å². The van der Waals surface area contributed by atoms with Crippen molar-refractivity contribution in [1.29, 1.82) is 0 Å². The fourth-order valence-electron chi connectivity index (χ4n) is 5.48. The third kappa shape index (κ3) is 2.98. The number of benzene rings is 2. The molecule has 2 aliphatic rings. The summed E-state index contributed by atoms with van der Waals surface area (Å²) in [6.45, 7) is 2.20. The highest BCUT2D eigenvalue weighted by molar-refractivity contribution is 5.94. The number of hydrogen-bond donors (Lipinski definition) is 0. The first-order chi connectivity index (χ1) is 13.8. The summed E-state index contributed by atoms with van der Waals surface area (Å²) in [5.41, 5.74) is 4.95. The molecule has 2 aromatic carbocycles. The molecule has 1 spiro atoms. The quantitative estimate of drug-likeness (QED) is 0.591. The van der Waals surface area contributed by atoms with Crippen LogP contribution in [0, 0.1) is 5.41 Å². The van der Waals surface area contributed by atoms with Gasteiger partial charge in [-0.15, -0.1) is 0 Å². The summed E-state index contributed by atoms with van der Waals surface area (Å²) in [5.74, 6) is 0. The van der Waals surface area contributed by atoms with Crippen molar-refractivity contribution in [3.8, 4) is 11.3 Å². The molecule has 2 fully saturated rings. The highest BCUT2D eigenvalue weighted by Gasteiger charge is 2.46. The lowest BCUT2D eigenvalue weighted by Gasteiger charge is -2.45. The van der Waals surface area contributed by atoms with Crippen molar-refractivity contribution in [2.45, 2.75) is 38.2 Å². The number of nitrogens with zero attached hydrogens (tertiary/aromatic N) is 2. The number of rotatable bonds is 3. The highest BCUT2D eigenvalue weighted by Crippen LogP contribution is 2.48. The van der Waals surface area contributed by atoms with Crippen molar-refractivity contribution in [3.63, 3.8) is 0 Å². The van der Waals surface area contributed by atoms with E-state index < -0.39 is 0 Å². The predicted octanol–water partition coefficient (Wildman–Crippen LogP) is 5.69. The molecule has 1 aliphatic heterocycles. The third-order valence-corrected chi connectivity index (χ3v) is 6.82. The Morgan fingerprint density at radius 2 is 1.79 bits per heavy atom. The molecular formula is C25H28N2O. The van der Waals surface area contributed by atoms with Gasteiger partial charge in [0.05, 0.1) is 17.3 Å². The summed E-state index contributed by atoms with van der Waals surface area (Å²) < 4.78 is 5.93. The zero-order valence-electron chi connectivity index (χ0n) is 16.6. The Bertz CT molecular complexity index is 971. The van der Waals surface area contributed by atoms with Gasteiger partial charge in [-0.25, -0.2) is 4.98 Å². The van der Waals surface area contributed by atoms with Crippen LogP contribution in [0.5, 0.6) is 0 Å². The van der Waals surface area contributed by atoms with E-state index in [2.05, 4.69) is 65.6 Å². The Hall–Kier alpha value is -2.39. The van der Waals surface area contributed by atoms with Crippen molar-refractivity contribution < 1.29 is 4.74 Å². The minimum atomic E-state index is 0.310. The Balaban J connectivity index is 1.60. The maximum Gasteiger partial charge on any atom is 0.0730 e. The summed E-state index contributed by atoms with van der Waals surface area (Å²) >= 11 is 0. The summed E-state index contributed by atoms with van der Waals surface area (Å²) in [5, 5.41) is 1.26. The van der Waals surface area contributed by atoms with Crippen LogP contribution in [0.15, 0.2) is 60.7 Å². The minimum absolute atomic E-state index is 0.310. The largest absolute Gasteiger partial charge is 0.381 e. The van der Waals surface area contributed by atoms with Crippen LogP contribution in [0.1, 0.15) is 32.1 Å². The van der Waals surface area contributed by atoms with Gasteiger partial charge in [-0.3, -0.25) is 0 Å². The van der Waals surface area contributed by atoms with Crippen molar-refractivity contribution in [2.75, 3.05) is 25.1 Å². The number of pyridine rings is 1. The second-order valence-corrected chi connectivity index (χ2v) is 8.41. The SMILES string of the molecule is CO[C@@H]1CCC[C@]12CCCN(c1cc(-c3ccccc3)nc3ccccc13)C2. The fourth-order valence-corrected chi connectivity index (χ4v) is 5.48. The molecule has 28 heavy (non-hydrogen) atoms. The van der Waals surface area contributed by atoms with Crippen molar-refractivity contribution in [3.05, 3.63) is 60.7 Å². The average Bonchev–Trinajstić information content (AvgIpc) is 3.15. The van der Waals surface area contributed by atoms with Crippen LogP contribution in [-0.2, 0) is 4.74 Å². The van der Waals surface area contributed by atoms with Crippen LogP contribution < -0.4 is 4.90 Å². The molecule has 0 amide bonds. The molecule has 2 heterocycles. The number of para-hydroxylation sites is 1. The molecule has 1 saturated carbocycles. The van der Waals surface area contributed by atoms with E-state index in [0.717, 1.165) is 24.3 Å². The Morgan fingerprint density at radius 1 is 1.00 bits per heavy atom. The molecule has 0 radical (unpaired) electrons. The molecule has 2 atom stereocenters. The number of piperidine rings is 1. The normalized spacial score (nSPS) is 24.9. The summed E-state index contributed by atoms with van der Waals surface area (Å²) in [4.78, 5) is 7.58. The van der Waals surface area contributed by atoms with Gasteiger partial charge in [0.1, 0.15) is 0 Å². The standard InChI is InChI=1S/C25H28N2O/c1-28-24-13-7-14-25(24)15-8-16-27(18-25)23-17-22(19-9-3-2-4-10-19)26-21-12-6-5-11-20(21)23/h2-6,9-12,17,24H,7-8,13-16,18H2,1H3/t24-,25-/m1/s1. The molecule has 3 nitrogen and oxygen atoms in total. The number of ether oxygens (including phenoxy) is 1. The number of hydrogen-bond acceptors (Lipinski definition) is 3. The van der Waals surface area contributed by atoms with Crippen LogP contribution in [0.2, 0.25) is 0 Å². The second-order valence-electron chi connectivity index (χ2n) is 8.41. The minimum Gasteiger partial charge on any atom is -0.381 e. The maximum absolute atomic E-state index is 5.93. The second kappa shape index (κ2) is 7.21. The Labute approximate surface area is 167 Å². The summed E-state index contributed by atoms with van der Waals surface area (Å²) in [6, 6.07) is 21.4. The lowest BCUT2D eigenvalue weighted by atomic mass is 9.76. The molecule has 144 valence electrons. The zero-order valence-corrected chi connectivity index (χ0v) is 16.6. The van der Waals surface area contributed by atoms with Crippen LogP contribution in [0.3, 0.4) is 0 Å². The molecule has 1 aliphatic carbocycles. The molecule has 0 unspecified atom stereocenters. The van der Waals surface area contributed by atoms with Gasteiger partial charge in [0.2, 0.25) is 0 Å². The zero-order chi connectivity index (χ0) is 19.0. The van der Waals surface area contributed by atoms with E-state index in [1.165, 1.54) is 48.7 Å². The molecular weight excluding hydrogens is 344 g/mol. The van der Waals surface area contributed by atoms with E-state index in [-0.39, 0.29) is 0 Å². The van der Waals surface area contributed by atoms with Gasteiger partial charge in [-0.1, -0.05) is 55.0 Å². The van der Waals surface area contributed by atoms with Gasteiger partial charge < -0.3 is 9.64 Å². The monoisotopic (exact) mass is 372 g/mol. The van der Waals surface area contributed by atoms with E-state index in [4.69, 9.17) is 9.72 Å². The van der Waals surface area contributed by atoms with E-state index >= 15 is 0 Å². The van der Waals surface area contributed by atoms with Crippen LogP contribution >= 0.6 is 0 Å². The van der Waals surface area contributed by atoms with E-state index in [0.29, 0.717) is 11.5 Å². The Morgan fingerprint density at radius 3 is 2.64 bits per heavy atom. The lowest BCUT2D eigenvalue weighted by Crippen LogP contribution is -2.48. The van der Waals surface area contributed by atoms with Gasteiger partial charge in [-0.05, 0) is 37.8 Å². The van der Waals surface area contributed by atoms with Gasteiger partial charge >= 0.3 is 0 Å². The highest BCUT2D eigenvalue weighted by atomic mass is 16.5. The van der Waals surface area contributed by atoms with E-state index in [1.54, 1.807) is 0 Å². The van der Waals surface area contributed by atoms with Crippen molar-refractivity contribution in [2.24, 2.45) is 5.41 Å². The third-order valence-electron chi connectivity index (χ3n) is 6.82. The average molecular weight is 373 g/mol. The number of anilines is 1. The van der Waals surface area contributed by atoms with Gasteiger partial charge in [0, 0.05) is 42.3 Å². The molecule has 5 rings (SSSR count). The molecule has 0 bridgehead atoms. The molecule has 3 heteroatoms. The Kier molecular flexibility index (Phi) is 4.56. The number of aromatic nitrogens is 1. The predicted molar refractivity (Wildman–Crippen MR) is 116 cm³/mol. The molecule has 0 N–H and O–H groups in total. The first kappa shape index (κ1) is 17.7. The first-order valence-electron chi connectivity index (χ1n) is 10.5.